The van der Waals surface area contributed by atoms with Gasteiger partial charge in [0, 0.05) is 12.6 Å². The van der Waals surface area contributed by atoms with Gasteiger partial charge in [0.25, 0.3) is 0 Å². The molecule has 0 spiro atoms. The lowest BCUT2D eigenvalue weighted by molar-refractivity contribution is 0.354. The molecular formula is C14H20N2O2S. The minimum atomic E-state index is -3.44. The van der Waals surface area contributed by atoms with Gasteiger partial charge in [0.2, 0.25) is 10.0 Å². The molecule has 0 aliphatic rings. The van der Waals surface area contributed by atoms with E-state index in [0.717, 1.165) is 12.0 Å². The van der Waals surface area contributed by atoms with Crippen molar-refractivity contribution in [2.45, 2.75) is 44.6 Å². The molecule has 0 saturated carbocycles. The predicted octanol–water partition coefficient (Wildman–Crippen LogP) is 2.56. The summed E-state index contributed by atoms with van der Waals surface area (Å²) >= 11 is 0. The van der Waals surface area contributed by atoms with Gasteiger partial charge in [-0.1, -0.05) is 19.1 Å². The Morgan fingerprint density at radius 3 is 2.26 bits per heavy atom. The summed E-state index contributed by atoms with van der Waals surface area (Å²) in [5.41, 5.74) is 0.827. The van der Waals surface area contributed by atoms with Crippen LogP contribution in [0.25, 0.3) is 0 Å². The van der Waals surface area contributed by atoms with Crippen molar-refractivity contribution in [1.29, 1.82) is 5.26 Å². The first-order valence-electron chi connectivity index (χ1n) is 6.41. The van der Waals surface area contributed by atoms with Gasteiger partial charge in [0.15, 0.2) is 0 Å². The van der Waals surface area contributed by atoms with Crippen LogP contribution in [0.4, 0.5) is 0 Å². The van der Waals surface area contributed by atoms with Gasteiger partial charge in [-0.3, -0.25) is 0 Å². The Bertz CT molecular complexity index is 542. The first-order valence-corrected chi connectivity index (χ1v) is 7.85. The Balaban J connectivity index is 3.08. The molecule has 0 heterocycles. The molecule has 1 rings (SSSR count). The van der Waals surface area contributed by atoms with Crippen molar-refractivity contribution in [2.24, 2.45) is 0 Å². The van der Waals surface area contributed by atoms with Crippen LogP contribution >= 0.6 is 0 Å². The Kier molecular flexibility index (Phi) is 5.52. The minimum absolute atomic E-state index is 0.0660. The predicted molar refractivity (Wildman–Crippen MR) is 75.1 cm³/mol. The lowest BCUT2D eigenvalue weighted by atomic mass is 10.2. The normalized spacial score (nSPS) is 11.8. The van der Waals surface area contributed by atoms with E-state index in [9.17, 15) is 8.42 Å². The second-order valence-electron chi connectivity index (χ2n) is 4.69. The van der Waals surface area contributed by atoms with Crippen LogP contribution in [0.3, 0.4) is 0 Å². The van der Waals surface area contributed by atoms with E-state index in [-0.39, 0.29) is 10.9 Å². The van der Waals surface area contributed by atoms with Gasteiger partial charge >= 0.3 is 0 Å². The van der Waals surface area contributed by atoms with Gasteiger partial charge in [-0.25, -0.2) is 8.42 Å². The summed E-state index contributed by atoms with van der Waals surface area (Å²) < 4.78 is 26.5. The number of sulfonamides is 1. The molecule has 0 atom stereocenters. The zero-order chi connectivity index (χ0) is 14.5. The quantitative estimate of drug-likeness (QED) is 0.804. The largest absolute Gasteiger partial charge is 0.243 e. The first-order chi connectivity index (χ1) is 8.93. The van der Waals surface area contributed by atoms with Crippen LogP contribution in [0.15, 0.2) is 29.2 Å². The highest BCUT2D eigenvalue weighted by atomic mass is 32.2. The van der Waals surface area contributed by atoms with Gasteiger partial charge in [-0.05, 0) is 38.0 Å². The zero-order valence-corrected chi connectivity index (χ0v) is 12.4. The van der Waals surface area contributed by atoms with Crippen LogP contribution in [0, 0.1) is 11.3 Å². The van der Waals surface area contributed by atoms with Crippen molar-refractivity contribution in [3.63, 3.8) is 0 Å². The molecule has 0 aromatic heterocycles. The summed E-state index contributed by atoms with van der Waals surface area (Å²) in [5, 5.41) is 8.60. The summed E-state index contributed by atoms with van der Waals surface area (Å²) in [6.45, 7) is 6.22. The second-order valence-corrected chi connectivity index (χ2v) is 6.58. The van der Waals surface area contributed by atoms with E-state index in [4.69, 9.17) is 5.26 Å². The van der Waals surface area contributed by atoms with Crippen LogP contribution in [-0.4, -0.2) is 25.3 Å². The van der Waals surface area contributed by atoms with E-state index in [1.54, 1.807) is 24.3 Å². The number of nitrogens with zero attached hydrogens (tertiary/aromatic N) is 2. The molecule has 1 aromatic carbocycles. The standard InChI is InChI=1S/C14H20N2O2S/c1-4-11-16(12(2)3)19(17,18)14-7-5-13(6-8-14)9-10-15/h5-8,12H,4,9,11H2,1-3H3. The lowest BCUT2D eigenvalue weighted by Crippen LogP contribution is -2.37. The third kappa shape index (κ3) is 3.79. The summed E-state index contributed by atoms with van der Waals surface area (Å²) in [7, 11) is -3.44. The number of benzene rings is 1. The van der Waals surface area contributed by atoms with E-state index in [2.05, 4.69) is 0 Å². The maximum absolute atomic E-state index is 12.5. The summed E-state index contributed by atoms with van der Waals surface area (Å²) in [6, 6.07) is 8.52. The Hall–Kier alpha value is -1.38. The highest BCUT2D eigenvalue weighted by molar-refractivity contribution is 7.89. The maximum Gasteiger partial charge on any atom is 0.243 e. The van der Waals surface area contributed by atoms with Crippen LogP contribution in [0.2, 0.25) is 0 Å². The molecule has 0 N–H and O–H groups in total. The molecule has 5 heteroatoms. The Labute approximate surface area is 115 Å². The minimum Gasteiger partial charge on any atom is -0.207 e. The fourth-order valence-electron chi connectivity index (χ4n) is 1.88. The van der Waals surface area contributed by atoms with E-state index in [1.165, 1.54) is 4.31 Å². The van der Waals surface area contributed by atoms with Gasteiger partial charge < -0.3 is 0 Å². The van der Waals surface area contributed by atoms with E-state index >= 15 is 0 Å². The number of hydrogen-bond donors (Lipinski definition) is 0. The fraction of sp³-hybridized carbons (Fsp3) is 0.500. The summed E-state index contributed by atoms with van der Waals surface area (Å²) in [4.78, 5) is 0.288. The molecule has 0 unspecified atom stereocenters. The average Bonchev–Trinajstić information content (AvgIpc) is 2.36. The van der Waals surface area contributed by atoms with Crippen molar-refractivity contribution in [1.82, 2.24) is 4.31 Å². The van der Waals surface area contributed by atoms with E-state index in [1.807, 2.05) is 26.8 Å². The molecule has 0 aliphatic carbocycles. The van der Waals surface area contributed by atoms with Crippen molar-refractivity contribution in [2.75, 3.05) is 6.54 Å². The van der Waals surface area contributed by atoms with Crippen molar-refractivity contribution < 1.29 is 8.42 Å². The average molecular weight is 280 g/mol. The third-order valence-electron chi connectivity index (χ3n) is 2.83. The summed E-state index contributed by atoms with van der Waals surface area (Å²) in [5.74, 6) is 0. The van der Waals surface area contributed by atoms with Gasteiger partial charge in [0.1, 0.15) is 0 Å². The third-order valence-corrected chi connectivity index (χ3v) is 4.92. The van der Waals surface area contributed by atoms with Crippen molar-refractivity contribution in [3.8, 4) is 6.07 Å². The van der Waals surface area contributed by atoms with Gasteiger partial charge in [-0.2, -0.15) is 9.57 Å². The Morgan fingerprint density at radius 1 is 1.26 bits per heavy atom. The fourth-order valence-corrected chi connectivity index (χ4v) is 3.61. The van der Waals surface area contributed by atoms with Crippen molar-refractivity contribution >= 4 is 10.0 Å². The van der Waals surface area contributed by atoms with E-state index in [0.29, 0.717) is 13.0 Å². The zero-order valence-electron chi connectivity index (χ0n) is 11.6. The topological polar surface area (TPSA) is 61.2 Å². The molecule has 0 amide bonds. The first kappa shape index (κ1) is 15.7. The molecule has 4 nitrogen and oxygen atoms in total. The molecule has 0 radical (unpaired) electrons. The summed E-state index contributed by atoms with van der Waals surface area (Å²) in [6.07, 6.45) is 1.08. The van der Waals surface area contributed by atoms with Gasteiger partial charge in [-0.15, -0.1) is 0 Å². The molecule has 104 valence electrons. The highest BCUT2D eigenvalue weighted by Gasteiger charge is 2.25. The molecule has 0 bridgehead atoms. The van der Waals surface area contributed by atoms with Crippen molar-refractivity contribution in [3.05, 3.63) is 29.8 Å². The van der Waals surface area contributed by atoms with Gasteiger partial charge in [0.05, 0.1) is 17.4 Å². The monoisotopic (exact) mass is 280 g/mol. The molecule has 0 saturated heterocycles. The van der Waals surface area contributed by atoms with Crippen LogP contribution in [0.5, 0.6) is 0 Å². The smallest absolute Gasteiger partial charge is 0.207 e. The SMILES string of the molecule is CCCN(C(C)C)S(=O)(=O)c1ccc(CC#N)cc1. The molecule has 0 fully saturated rings. The Morgan fingerprint density at radius 2 is 1.84 bits per heavy atom. The van der Waals surface area contributed by atoms with Crippen LogP contribution in [0.1, 0.15) is 32.8 Å². The van der Waals surface area contributed by atoms with Crippen LogP contribution in [-0.2, 0) is 16.4 Å². The molecule has 1 aromatic rings. The van der Waals surface area contributed by atoms with Crippen LogP contribution < -0.4 is 0 Å². The van der Waals surface area contributed by atoms with E-state index < -0.39 is 10.0 Å². The molecule has 19 heavy (non-hydrogen) atoms. The number of hydrogen-bond acceptors (Lipinski definition) is 3. The second kappa shape index (κ2) is 6.69. The molecule has 0 aliphatic heterocycles. The maximum atomic E-state index is 12.5. The lowest BCUT2D eigenvalue weighted by Gasteiger charge is -2.25. The highest BCUT2D eigenvalue weighted by Crippen LogP contribution is 2.19. The molecular weight excluding hydrogens is 260 g/mol. The number of nitriles is 1. The number of rotatable bonds is 6.